The summed E-state index contributed by atoms with van der Waals surface area (Å²) >= 11 is 0. The fourth-order valence-electron chi connectivity index (χ4n) is 2.47. The van der Waals surface area contributed by atoms with Crippen LogP contribution in [0.2, 0.25) is 0 Å². The molecule has 6 nitrogen and oxygen atoms in total. The predicted octanol–water partition coefficient (Wildman–Crippen LogP) is 1.66. The van der Waals surface area contributed by atoms with Gasteiger partial charge in [0.25, 0.3) is 0 Å². The second-order valence-corrected chi connectivity index (χ2v) is 4.68. The molecule has 1 unspecified atom stereocenters. The summed E-state index contributed by atoms with van der Waals surface area (Å²) < 4.78 is 3.81. The van der Waals surface area contributed by atoms with E-state index < -0.39 is 0 Å². The van der Waals surface area contributed by atoms with Crippen molar-refractivity contribution in [1.82, 2.24) is 24.3 Å². The maximum atomic E-state index is 6.06. The largest absolute Gasteiger partial charge is 0.369 e. The van der Waals surface area contributed by atoms with E-state index >= 15 is 0 Å². The number of hydrogen-bond donors (Lipinski definition) is 1. The van der Waals surface area contributed by atoms with Gasteiger partial charge in [-0.25, -0.2) is 4.98 Å². The van der Waals surface area contributed by atoms with Gasteiger partial charge in [-0.05, 0) is 25.5 Å². The van der Waals surface area contributed by atoms with Crippen LogP contribution in [-0.2, 0) is 7.05 Å². The van der Waals surface area contributed by atoms with E-state index in [4.69, 9.17) is 5.73 Å². The number of hydrogen-bond acceptors (Lipinski definition) is 4. The van der Waals surface area contributed by atoms with E-state index in [1.54, 1.807) is 6.20 Å². The number of aryl methyl sites for hydroxylation is 2. The normalized spacial score (nSPS) is 13.0. The fraction of sp³-hybridized carbons (Fsp3) is 0.308. The first kappa shape index (κ1) is 11.7. The van der Waals surface area contributed by atoms with Crippen LogP contribution in [0.4, 0.5) is 5.95 Å². The summed E-state index contributed by atoms with van der Waals surface area (Å²) in [5.74, 6) is 0.502. The van der Waals surface area contributed by atoms with Gasteiger partial charge in [0.15, 0.2) is 5.65 Å². The number of anilines is 1. The van der Waals surface area contributed by atoms with Gasteiger partial charge >= 0.3 is 0 Å². The van der Waals surface area contributed by atoms with Gasteiger partial charge in [0.1, 0.15) is 5.52 Å². The highest BCUT2D eigenvalue weighted by Gasteiger charge is 2.20. The minimum absolute atomic E-state index is 0.0634. The summed E-state index contributed by atoms with van der Waals surface area (Å²) in [5, 5.41) is 4.39. The third kappa shape index (κ3) is 1.68. The topological polar surface area (TPSA) is 74.6 Å². The lowest BCUT2D eigenvalue weighted by Gasteiger charge is -2.15. The highest BCUT2D eigenvalue weighted by molar-refractivity contribution is 5.77. The summed E-state index contributed by atoms with van der Waals surface area (Å²) in [7, 11) is 1.91. The average molecular weight is 256 g/mol. The predicted molar refractivity (Wildman–Crippen MR) is 73.7 cm³/mol. The Labute approximate surface area is 110 Å². The van der Waals surface area contributed by atoms with E-state index in [9.17, 15) is 0 Å². The van der Waals surface area contributed by atoms with Crippen molar-refractivity contribution in [3.63, 3.8) is 0 Å². The van der Waals surface area contributed by atoms with Crippen LogP contribution < -0.4 is 5.73 Å². The Hall–Kier alpha value is -2.37. The molecule has 3 aromatic heterocycles. The number of fused-ring (bicyclic) bond motifs is 1. The molecule has 2 N–H and O–H groups in total. The van der Waals surface area contributed by atoms with E-state index in [0.29, 0.717) is 5.95 Å². The Bertz CT molecular complexity index is 725. The standard InChI is InChI=1S/C13H16N6/c1-8-11-12(18(3)17-8)19(13(14)16-11)9(2)10-5-4-6-15-7-10/h4-7,9H,1-3H3,(H2,14,16). The first-order valence-electron chi connectivity index (χ1n) is 6.16. The Morgan fingerprint density at radius 2 is 2.16 bits per heavy atom. The molecule has 0 saturated heterocycles. The molecule has 6 heteroatoms. The smallest absolute Gasteiger partial charge is 0.203 e. The van der Waals surface area contributed by atoms with Crippen molar-refractivity contribution in [2.24, 2.45) is 7.05 Å². The van der Waals surface area contributed by atoms with E-state index in [1.165, 1.54) is 0 Å². The first-order chi connectivity index (χ1) is 9.09. The number of nitrogens with two attached hydrogens (primary N) is 1. The van der Waals surface area contributed by atoms with Gasteiger partial charge in [-0.15, -0.1) is 0 Å². The SMILES string of the molecule is Cc1nn(C)c2c1nc(N)n2C(C)c1cccnc1. The highest BCUT2D eigenvalue weighted by atomic mass is 15.4. The van der Waals surface area contributed by atoms with Crippen LogP contribution in [-0.4, -0.2) is 24.3 Å². The molecule has 3 rings (SSSR count). The van der Waals surface area contributed by atoms with Gasteiger partial charge in [-0.2, -0.15) is 5.10 Å². The number of nitrogen functional groups attached to an aromatic ring is 1. The van der Waals surface area contributed by atoms with Crippen LogP contribution in [0.3, 0.4) is 0 Å². The molecule has 0 spiro atoms. The van der Waals surface area contributed by atoms with Crippen LogP contribution in [0.25, 0.3) is 11.2 Å². The molecular formula is C13H16N6. The zero-order valence-electron chi connectivity index (χ0n) is 11.2. The van der Waals surface area contributed by atoms with Crippen LogP contribution in [0.5, 0.6) is 0 Å². The summed E-state index contributed by atoms with van der Waals surface area (Å²) in [5.41, 5.74) is 9.84. The summed E-state index contributed by atoms with van der Waals surface area (Å²) in [6.45, 7) is 4.02. The van der Waals surface area contributed by atoms with Crippen molar-refractivity contribution >= 4 is 17.1 Å². The molecule has 0 aliphatic carbocycles. The van der Waals surface area contributed by atoms with Crippen molar-refractivity contribution < 1.29 is 0 Å². The van der Waals surface area contributed by atoms with Gasteiger partial charge in [-0.3, -0.25) is 14.2 Å². The van der Waals surface area contributed by atoms with Gasteiger partial charge in [0, 0.05) is 19.4 Å². The van der Waals surface area contributed by atoms with Gasteiger partial charge < -0.3 is 5.73 Å². The fourth-order valence-corrected chi connectivity index (χ4v) is 2.47. The van der Waals surface area contributed by atoms with Crippen molar-refractivity contribution in [2.45, 2.75) is 19.9 Å². The van der Waals surface area contributed by atoms with E-state index in [-0.39, 0.29) is 6.04 Å². The quantitative estimate of drug-likeness (QED) is 0.756. The second kappa shape index (κ2) is 4.08. The lowest BCUT2D eigenvalue weighted by Crippen LogP contribution is -2.12. The van der Waals surface area contributed by atoms with E-state index in [1.807, 2.05) is 41.5 Å². The lowest BCUT2D eigenvalue weighted by molar-refractivity contribution is 0.634. The number of aromatic nitrogens is 5. The molecule has 0 aliphatic heterocycles. The molecule has 0 radical (unpaired) electrons. The zero-order chi connectivity index (χ0) is 13.6. The molecule has 3 heterocycles. The Balaban J connectivity index is 2.22. The van der Waals surface area contributed by atoms with Crippen molar-refractivity contribution in [3.8, 4) is 0 Å². The molecule has 0 aromatic carbocycles. The molecule has 0 bridgehead atoms. The molecule has 0 fully saturated rings. The Kier molecular flexibility index (Phi) is 2.51. The third-order valence-corrected chi connectivity index (χ3v) is 3.42. The molecule has 0 amide bonds. The minimum Gasteiger partial charge on any atom is -0.369 e. The van der Waals surface area contributed by atoms with Crippen LogP contribution in [0.15, 0.2) is 24.5 Å². The number of rotatable bonds is 2. The van der Waals surface area contributed by atoms with Crippen molar-refractivity contribution in [3.05, 3.63) is 35.8 Å². The van der Waals surface area contributed by atoms with Gasteiger partial charge in [0.2, 0.25) is 5.95 Å². The molecule has 98 valence electrons. The molecule has 19 heavy (non-hydrogen) atoms. The molecule has 3 aromatic rings. The lowest BCUT2D eigenvalue weighted by atomic mass is 10.1. The maximum Gasteiger partial charge on any atom is 0.203 e. The van der Waals surface area contributed by atoms with Crippen LogP contribution >= 0.6 is 0 Å². The second-order valence-electron chi connectivity index (χ2n) is 4.68. The minimum atomic E-state index is 0.0634. The Morgan fingerprint density at radius 3 is 2.84 bits per heavy atom. The van der Waals surface area contributed by atoms with E-state index in [0.717, 1.165) is 22.4 Å². The van der Waals surface area contributed by atoms with Crippen LogP contribution in [0, 0.1) is 6.92 Å². The van der Waals surface area contributed by atoms with Crippen molar-refractivity contribution in [2.75, 3.05) is 5.73 Å². The third-order valence-electron chi connectivity index (χ3n) is 3.42. The highest BCUT2D eigenvalue weighted by Crippen LogP contribution is 2.27. The maximum absolute atomic E-state index is 6.06. The van der Waals surface area contributed by atoms with Gasteiger partial charge in [-0.1, -0.05) is 6.07 Å². The number of nitrogens with zero attached hydrogens (tertiary/aromatic N) is 5. The van der Waals surface area contributed by atoms with E-state index in [2.05, 4.69) is 22.0 Å². The number of pyridine rings is 1. The average Bonchev–Trinajstić information content (AvgIpc) is 2.88. The Morgan fingerprint density at radius 1 is 1.37 bits per heavy atom. The molecule has 0 aliphatic rings. The molecule has 0 saturated carbocycles. The monoisotopic (exact) mass is 256 g/mol. The first-order valence-corrected chi connectivity index (χ1v) is 6.16. The molecule has 1 atom stereocenters. The van der Waals surface area contributed by atoms with Crippen molar-refractivity contribution in [1.29, 1.82) is 0 Å². The summed E-state index contributed by atoms with van der Waals surface area (Å²) in [6, 6.07) is 4.02. The molecular weight excluding hydrogens is 240 g/mol. The summed E-state index contributed by atoms with van der Waals surface area (Å²) in [6.07, 6.45) is 3.61. The zero-order valence-corrected chi connectivity index (χ0v) is 11.2. The van der Waals surface area contributed by atoms with Crippen LogP contribution in [0.1, 0.15) is 24.2 Å². The van der Waals surface area contributed by atoms with Gasteiger partial charge in [0.05, 0.1) is 11.7 Å². The number of imidazole rings is 1. The summed E-state index contributed by atoms with van der Waals surface area (Å²) in [4.78, 5) is 8.57.